The minimum absolute atomic E-state index is 0.183. The first kappa shape index (κ1) is 20.7. The van der Waals surface area contributed by atoms with E-state index < -0.39 is 23.6 Å². The number of nitrogens with one attached hydrogen (secondary N) is 1. The van der Waals surface area contributed by atoms with Crippen molar-refractivity contribution in [2.75, 3.05) is 16.9 Å². The summed E-state index contributed by atoms with van der Waals surface area (Å²) < 4.78 is 63.0. The molecular formula is C19H11ClF4N4O3. The van der Waals surface area contributed by atoms with E-state index >= 15 is 0 Å². The van der Waals surface area contributed by atoms with E-state index in [1.165, 1.54) is 24.5 Å². The van der Waals surface area contributed by atoms with E-state index in [0.717, 1.165) is 11.0 Å². The highest BCUT2D eigenvalue weighted by Crippen LogP contribution is 2.38. The van der Waals surface area contributed by atoms with Gasteiger partial charge in [-0.15, -0.1) is 0 Å². The minimum Gasteiger partial charge on any atom is -0.470 e. The Morgan fingerprint density at radius 1 is 1.16 bits per heavy atom. The molecule has 0 bridgehead atoms. The average Bonchev–Trinajstić information content (AvgIpc) is 3.12. The van der Waals surface area contributed by atoms with Gasteiger partial charge in [0.1, 0.15) is 28.8 Å². The van der Waals surface area contributed by atoms with Crippen molar-refractivity contribution in [1.82, 2.24) is 9.97 Å². The zero-order valence-electron chi connectivity index (χ0n) is 15.3. The molecule has 1 N–H and O–H groups in total. The maximum Gasteiger partial charge on any atom is 0.419 e. The number of halogens is 5. The van der Waals surface area contributed by atoms with Crippen LogP contribution in [0, 0.1) is 5.82 Å². The Morgan fingerprint density at radius 2 is 1.97 bits per heavy atom. The van der Waals surface area contributed by atoms with Crippen LogP contribution in [0.15, 0.2) is 48.8 Å². The summed E-state index contributed by atoms with van der Waals surface area (Å²) in [5.74, 6) is -0.575. The van der Waals surface area contributed by atoms with Crippen molar-refractivity contribution in [3.8, 4) is 17.4 Å². The molecule has 2 amide bonds. The Morgan fingerprint density at radius 3 is 2.71 bits per heavy atom. The number of carbonyl (C=O) groups excluding carboxylic acids is 1. The van der Waals surface area contributed by atoms with Gasteiger partial charge in [0.15, 0.2) is 6.73 Å². The molecule has 12 heteroatoms. The summed E-state index contributed by atoms with van der Waals surface area (Å²) in [5.41, 5.74) is -1.33. The van der Waals surface area contributed by atoms with E-state index in [0.29, 0.717) is 29.3 Å². The zero-order valence-corrected chi connectivity index (χ0v) is 16.0. The topological polar surface area (TPSA) is 76.6 Å². The Hall–Kier alpha value is -3.60. The number of alkyl halides is 3. The second-order valence-electron chi connectivity index (χ2n) is 6.23. The summed E-state index contributed by atoms with van der Waals surface area (Å²) in [7, 11) is 0. The lowest BCUT2D eigenvalue weighted by Gasteiger charge is -2.17. The minimum atomic E-state index is -4.89. The molecule has 4 rings (SSSR count). The van der Waals surface area contributed by atoms with Crippen LogP contribution in [0.2, 0.25) is 5.15 Å². The van der Waals surface area contributed by atoms with Crippen LogP contribution in [-0.4, -0.2) is 22.7 Å². The van der Waals surface area contributed by atoms with Crippen LogP contribution < -0.4 is 19.7 Å². The summed E-state index contributed by atoms with van der Waals surface area (Å²) in [6.07, 6.45) is -3.66. The van der Waals surface area contributed by atoms with Crippen LogP contribution in [0.4, 0.5) is 33.7 Å². The first-order chi connectivity index (χ1) is 14.7. The number of fused-ring (bicyclic) bond motifs is 1. The first-order valence-corrected chi connectivity index (χ1v) is 8.96. The molecule has 31 heavy (non-hydrogen) atoms. The van der Waals surface area contributed by atoms with E-state index in [9.17, 15) is 22.4 Å². The molecule has 1 aromatic heterocycles. The smallest absolute Gasteiger partial charge is 0.419 e. The number of hydrogen-bond acceptors (Lipinski definition) is 5. The molecule has 0 radical (unpaired) electrons. The highest BCUT2D eigenvalue weighted by Gasteiger charge is 2.34. The van der Waals surface area contributed by atoms with Gasteiger partial charge in [-0.05, 0) is 30.3 Å². The summed E-state index contributed by atoms with van der Waals surface area (Å²) >= 11 is 5.78. The van der Waals surface area contributed by atoms with Crippen molar-refractivity contribution in [2.24, 2.45) is 0 Å². The Labute approximate surface area is 177 Å². The number of rotatable bonds is 3. The van der Waals surface area contributed by atoms with Gasteiger partial charge < -0.3 is 14.8 Å². The van der Waals surface area contributed by atoms with Crippen LogP contribution in [0.3, 0.4) is 0 Å². The third kappa shape index (κ3) is 4.45. The molecule has 1 aliphatic rings. The number of anilines is 2. The van der Waals surface area contributed by atoms with Gasteiger partial charge in [0.25, 0.3) is 0 Å². The number of urea groups is 1. The molecular weight excluding hydrogens is 444 g/mol. The predicted octanol–water partition coefficient (Wildman–Crippen LogP) is 5.47. The molecule has 0 aliphatic carbocycles. The molecule has 160 valence electrons. The zero-order chi connectivity index (χ0) is 22.2. The van der Waals surface area contributed by atoms with Crippen LogP contribution in [-0.2, 0) is 6.18 Å². The number of hydrogen-bond donors (Lipinski definition) is 1. The third-order valence-corrected chi connectivity index (χ3v) is 4.38. The molecule has 2 heterocycles. The highest BCUT2D eigenvalue weighted by molar-refractivity contribution is 6.29. The van der Waals surface area contributed by atoms with Gasteiger partial charge >= 0.3 is 12.2 Å². The van der Waals surface area contributed by atoms with E-state index in [1.54, 1.807) is 6.07 Å². The largest absolute Gasteiger partial charge is 0.470 e. The van der Waals surface area contributed by atoms with Gasteiger partial charge in [-0.2, -0.15) is 13.2 Å². The van der Waals surface area contributed by atoms with Gasteiger partial charge in [-0.3, -0.25) is 4.90 Å². The summed E-state index contributed by atoms with van der Waals surface area (Å²) in [5, 5.41) is 2.50. The molecule has 7 nitrogen and oxygen atoms in total. The van der Waals surface area contributed by atoms with E-state index in [1.807, 2.05) is 0 Å². The molecule has 0 atom stereocenters. The van der Waals surface area contributed by atoms with Crippen LogP contribution in [0.25, 0.3) is 0 Å². The number of nitrogens with zero attached hydrogens (tertiary/aromatic N) is 3. The van der Waals surface area contributed by atoms with Crippen molar-refractivity contribution in [1.29, 1.82) is 0 Å². The fourth-order valence-corrected chi connectivity index (χ4v) is 2.91. The monoisotopic (exact) mass is 454 g/mol. The maximum atomic E-state index is 13.4. The summed E-state index contributed by atoms with van der Waals surface area (Å²) in [6, 6.07) is 7.44. The van der Waals surface area contributed by atoms with Gasteiger partial charge in [0.2, 0.25) is 5.88 Å². The van der Waals surface area contributed by atoms with Gasteiger partial charge in [-0.25, -0.2) is 19.2 Å². The second kappa shape index (κ2) is 7.91. The molecule has 0 saturated carbocycles. The summed E-state index contributed by atoms with van der Waals surface area (Å²) in [6.45, 7) is -0.183. The SMILES string of the molecule is O=C(Nc1ccc(F)c(C(F)(F)F)c1)N1COc2cc(Oc3cc(Cl)ncn3)ccc21. The van der Waals surface area contributed by atoms with Crippen LogP contribution >= 0.6 is 11.6 Å². The number of benzene rings is 2. The quantitative estimate of drug-likeness (QED) is 0.419. The fraction of sp³-hybridized carbons (Fsp3) is 0.105. The fourth-order valence-electron chi connectivity index (χ4n) is 2.77. The highest BCUT2D eigenvalue weighted by atomic mass is 35.5. The van der Waals surface area contributed by atoms with Crippen LogP contribution in [0.5, 0.6) is 17.4 Å². The Kier molecular flexibility index (Phi) is 5.27. The van der Waals surface area contributed by atoms with Crippen molar-refractivity contribution >= 4 is 29.0 Å². The van der Waals surface area contributed by atoms with Gasteiger partial charge in [0.05, 0.1) is 11.3 Å². The lowest BCUT2D eigenvalue weighted by Crippen LogP contribution is -2.34. The molecule has 0 fully saturated rings. The molecule has 2 aromatic carbocycles. The van der Waals surface area contributed by atoms with Crippen LogP contribution in [0.1, 0.15) is 5.56 Å². The predicted molar refractivity (Wildman–Crippen MR) is 102 cm³/mol. The molecule has 3 aromatic rings. The van der Waals surface area contributed by atoms with E-state index in [4.69, 9.17) is 21.1 Å². The number of ether oxygens (including phenoxy) is 2. The Balaban J connectivity index is 1.50. The van der Waals surface area contributed by atoms with Crippen molar-refractivity contribution < 1.29 is 31.8 Å². The number of carbonyl (C=O) groups is 1. The molecule has 0 spiro atoms. The molecule has 0 unspecified atom stereocenters. The van der Waals surface area contributed by atoms with Crippen molar-refractivity contribution in [3.63, 3.8) is 0 Å². The van der Waals surface area contributed by atoms with E-state index in [2.05, 4.69) is 15.3 Å². The maximum absolute atomic E-state index is 13.4. The first-order valence-electron chi connectivity index (χ1n) is 8.58. The van der Waals surface area contributed by atoms with E-state index in [-0.39, 0.29) is 23.5 Å². The molecule has 0 saturated heterocycles. The van der Waals surface area contributed by atoms with Crippen molar-refractivity contribution in [2.45, 2.75) is 6.18 Å². The summed E-state index contributed by atoms with van der Waals surface area (Å²) in [4.78, 5) is 21.3. The average molecular weight is 455 g/mol. The number of amides is 2. The van der Waals surface area contributed by atoms with Gasteiger partial charge in [-0.1, -0.05) is 11.6 Å². The Bertz CT molecular complexity index is 1160. The number of aromatic nitrogens is 2. The standard InChI is InChI=1S/C19H11ClF4N4O3/c20-16-7-17(26-8-25-16)31-11-2-4-14-15(6-11)30-9-28(14)18(29)27-10-1-3-13(21)12(5-10)19(22,23)24/h1-8H,9H2,(H,27,29). The molecule has 1 aliphatic heterocycles. The normalized spacial score (nSPS) is 12.9. The lowest BCUT2D eigenvalue weighted by molar-refractivity contribution is -0.139. The third-order valence-electron chi connectivity index (χ3n) is 4.17. The second-order valence-corrected chi connectivity index (χ2v) is 6.62. The van der Waals surface area contributed by atoms with Crippen molar-refractivity contribution in [3.05, 3.63) is 65.3 Å². The van der Waals surface area contributed by atoms with Gasteiger partial charge in [0, 0.05) is 17.8 Å². The lowest BCUT2D eigenvalue weighted by atomic mass is 10.2.